The lowest BCUT2D eigenvalue weighted by Crippen LogP contribution is -2.54. The highest BCUT2D eigenvalue weighted by molar-refractivity contribution is 9.10. The van der Waals surface area contributed by atoms with Crippen LogP contribution in [0.25, 0.3) is 0 Å². The molecule has 128 valence electrons. The summed E-state index contributed by atoms with van der Waals surface area (Å²) in [5.41, 5.74) is 0.162. The molecule has 5 fully saturated rings. The second-order valence-electron chi connectivity index (χ2n) is 8.69. The standard InChI is InChI=1S/C18H26BrNO3/c19-18-6-13-3-14(7-18)5-17(4-13,11-18)8-15(21)20-9-16(22)23-10-12-1-2-12/h12-14H,1-11H2,(H,20,21). The molecule has 5 rings (SSSR count). The van der Waals surface area contributed by atoms with Crippen LogP contribution in [0.2, 0.25) is 0 Å². The number of halogens is 1. The quantitative estimate of drug-likeness (QED) is 0.565. The smallest absolute Gasteiger partial charge is 0.325 e. The van der Waals surface area contributed by atoms with Crippen molar-refractivity contribution in [2.75, 3.05) is 13.2 Å². The number of nitrogens with one attached hydrogen (secondary N) is 1. The molecule has 0 aromatic carbocycles. The number of carbonyl (C=O) groups excluding carboxylic acids is 2. The second kappa shape index (κ2) is 5.75. The Bertz CT molecular complexity index is 502. The minimum atomic E-state index is -0.298. The van der Waals surface area contributed by atoms with E-state index >= 15 is 0 Å². The molecule has 0 spiro atoms. The van der Waals surface area contributed by atoms with Crippen LogP contribution in [0, 0.1) is 23.2 Å². The van der Waals surface area contributed by atoms with E-state index in [0.29, 0.717) is 18.9 Å². The van der Waals surface area contributed by atoms with Crippen LogP contribution in [-0.2, 0) is 14.3 Å². The van der Waals surface area contributed by atoms with Gasteiger partial charge in [-0.3, -0.25) is 9.59 Å². The molecule has 0 radical (unpaired) electrons. The molecule has 0 aromatic heterocycles. The van der Waals surface area contributed by atoms with Crippen molar-refractivity contribution in [3.63, 3.8) is 0 Å². The third-order valence-electron chi connectivity index (χ3n) is 6.25. The highest BCUT2D eigenvalue weighted by Crippen LogP contribution is 2.65. The molecule has 1 N–H and O–H groups in total. The molecule has 2 unspecified atom stereocenters. The molecule has 4 nitrogen and oxygen atoms in total. The SMILES string of the molecule is O=C(CC12CC3CC(CC(Br)(C3)C1)C2)NCC(=O)OCC1CC1. The van der Waals surface area contributed by atoms with Crippen molar-refractivity contribution in [2.45, 2.75) is 62.1 Å². The maximum absolute atomic E-state index is 12.4. The third-order valence-corrected chi connectivity index (χ3v) is 7.18. The fraction of sp³-hybridized carbons (Fsp3) is 0.889. The average Bonchev–Trinajstić information content (AvgIpc) is 3.23. The lowest BCUT2D eigenvalue weighted by atomic mass is 9.48. The molecular weight excluding hydrogens is 358 g/mol. The van der Waals surface area contributed by atoms with Crippen LogP contribution in [-0.4, -0.2) is 29.4 Å². The molecule has 0 saturated heterocycles. The molecule has 2 atom stereocenters. The van der Waals surface area contributed by atoms with Gasteiger partial charge in [-0.15, -0.1) is 0 Å². The summed E-state index contributed by atoms with van der Waals surface area (Å²) in [6, 6.07) is 0. The normalized spacial score (nSPS) is 40.9. The molecule has 5 saturated carbocycles. The lowest BCUT2D eigenvalue weighted by molar-refractivity contribution is -0.145. The van der Waals surface area contributed by atoms with Crippen molar-refractivity contribution in [3.8, 4) is 0 Å². The van der Waals surface area contributed by atoms with E-state index in [9.17, 15) is 9.59 Å². The Morgan fingerprint density at radius 2 is 1.83 bits per heavy atom. The molecule has 4 bridgehead atoms. The molecule has 0 aliphatic heterocycles. The summed E-state index contributed by atoms with van der Waals surface area (Å²) in [5, 5.41) is 2.79. The summed E-state index contributed by atoms with van der Waals surface area (Å²) in [6.07, 6.45) is 10.3. The molecule has 0 heterocycles. The van der Waals surface area contributed by atoms with Gasteiger partial charge in [0, 0.05) is 10.7 Å². The Balaban J connectivity index is 1.27. The Hall–Kier alpha value is -0.580. The number of alkyl halides is 1. The zero-order chi connectivity index (χ0) is 16.1. The van der Waals surface area contributed by atoms with Crippen LogP contribution < -0.4 is 5.32 Å². The van der Waals surface area contributed by atoms with Gasteiger partial charge in [0.05, 0.1) is 6.61 Å². The summed E-state index contributed by atoms with van der Waals surface area (Å²) < 4.78 is 5.44. The first-order chi connectivity index (χ1) is 10.9. The van der Waals surface area contributed by atoms with E-state index in [-0.39, 0.29) is 28.2 Å². The maximum atomic E-state index is 12.4. The number of esters is 1. The van der Waals surface area contributed by atoms with Gasteiger partial charge in [0.25, 0.3) is 0 Å². The first-order valence-electron chi connectivity index (χ1n) is 9.05. The molecule has 0 aromatic rings. The zero-order valence-corrected chi connectivity index (χ0v) is 15.2. The predicted molar refractivity (Wildman–Crippen MR) is 90.1 cm³/mol. The van der Waals surface area contributed by atoms with E-state index in [1.54, 1.807) is 0 Å². The van der Waals surface area contributed by atoms with Crippen LogP contribution in [0.5, 0.6) is 0 Å². The molecule has 5 heteroatoms. The van der Waals surface area contributed by atoms with Crippen LogP contribution >= 0.6 is 15.9 Å². The van der Waals surface area contributed by atoms with E-state index in [2.05, 4.69) is 21.2 Å². The minimum Gasteiger partial charge on any atom is -0.464 e. The minimum absolute atomic E-state index is 0.0198. The van der Waals surface area contributed by atoms with E-state index < -0.39 is 0 Å². The van der Waals surface area contributed by atoms with Crippen molar-refractivity contribution >= 4 is 27.8 Å². The molecule has 5 aliphatic carbocycles. The van der Waals surface area contributed by atoms with E-state index in [0.717, 1.165) is 18.3 Å². The fourth-order valence-electron chi connectivity index (χ4n) is 5.66. The summed E-state index contributed by atoms with van der Waals surface area (Å²) in [5.74, 6) is 1.86. The van der Waals surface area contributed by atoms with Gasteiger partial charge in [-0.2, -0.15) is 0 Å². The first-order valence-corrected chi connectivity index (χ1v) is 9.84. The largest absolute Gasteiger partial charge is 0.464 e. The summed E-state index contributed by atoms with van der Waals surface area (Å²) in [7, 11) is 0. The Morgan fingerprint density at radius 1 is 1.13 bits per heavy atom. The molecular formula is C18H26BrNO3. The van der Waals surface area contributed by atoms with E-state index in [1.807, 2.05) is 0 Å². The van der Waals surface area contributed by atoms with Gasteiger partial charge in [0.15, 0.2) is 0 Å². The Morgan fingerprint density at radius 3 is 2.43 bits per heavy atom. The van der Waals surface area contributed by atoms with Gasteiger partial charge in [-0.1, -0.05) is 15.9 Å². The second-order valence-corrected chi connectivity index (χ2v) is 10.4. The van der Waals surface area contributed by atoms with Crippen molar-refractivity contribution < 1.29 is 14.3 Å². The highest BCUT2D eigenvalue weighted by atomic mass is 79.9. The summed E-state index contributed by atoms with van der Waals surface area (Å²) in [4.78, 5) is 24.0. The van der Waals surface area contributed by atoms with Crippen molar-refractivity contribution in [3.05, 3.63) is 0 Å². The van der Waals surface area contributed by atoms with Crippen LogP contribution in [0.4, 0.5) is 0 Å². The highest BCUT2D eigenvalue weighted by Gasteiger charge is 2.57. The van der Waals surface area contributed by atoms with Gasteiger partial charge in [-0.05, 0) is 74.5 Å². The number of carbonyl (C=O) groups is 2. The number of rotatable bonds is 6. The lowest BCUT2D eigenvalue weighted by Gasteiger charge is -2.60. The van der Waals surface area contributed by atoms with Crippen LogP contribution in [0.3, 0.4) is 0 Å². The van der Waals surface area contributed by atoms with Gasteiger partial charge in [0.1, 0.15) is 6.54 Å². The van der Waals surface area contributed by atoms with Gasteiger partial charge in [0.2, 0.25) is 5.91 Å². The predicted octanol–water partition coefficient (Wildman–Crippen LogP) is 3.18. The summed E-state index contributed by atoms with van der Waals surface area (Å²) >= 11 is 3.98. The number of amides is 1. The van der Waals surface area contributed by atoms with Crippen LogP contribution in [0.1, 0.15) is 57.8 Å². The number of hydrogen-bond acceptors (Lipinski definition) is 3. The number of ether oxygens (including phenoxy) is 1. The van der Waals surface area contributed by atoms with Gasteiger partial charge >= 0.3 is 5.97 Å². The van der Waals surface area contributed by atoms with Crippen molar-refractivity contribution in [2.24, 2.45) is 23.2 Å². The third kappa shape index (κ3) is 3.59. The van der Waals surface area contributed by atoms with E-state index in [1.165, 1.54) is 44.9 Å². The maximum Gasteiger partial charge on any atom is 0.325 e. The Labute approximate surface area is 146 Å². The fourth-order valence-corrected chi connectivity index (χ4v) is 7.17. The van der Waals surface area contributed by atoms with Crippen LogP contribution in [0.15, 0.2) is 0 Å². The molecule has 23 heavy (non-hydrogen) atoms. The number of hydrogen-bond donors (Lipinski definition) is 1. The van der Waals surface area contributed by atoms with Gasteiger partial charge < -0.3 is 10.1 Å². The Kier molecular flexibility index (Phi) is 3.98. The monoisotopic (exact) mass is 383 g/mol. The van der Waals surface area contributed by atoms with Gasteiger partial charge in [-0.25, -0.2) is 0 Å². The average molecular weight is 384 g/mol. The topological polar surface area (TPSA) is 55.4 Å². The van der Waals surface area contributed by atoms with E-state index in [4.69, 9.17) is 4.74 Å². The summed E-state index contributed by atoms with van der Waals surface area (Å²) in [6.45, 7) is 0.544. The van der Waals surface area contributed by atoms with Crippen molar-refractivity contribution in [1.29, 1.82) is 0 Å². The zero-order valence-electron chi connectivity index (χ0n) is 13.6. The first kappa shape index (κ1) is 15.9. The molecule has 5 aliphatic rings. The van der Waals surface area contributed by atoms with Crippen molar-refractivity contribution in [1.82, 2.24) is 5.32 Å². The molecule has 1 amide bonds.